The van der Waals surface area contributed by atoms with Gasteiger partial charge in [-0.05, 0) is 56.0 Å². The van der Waals surface area contributed by atoms with Crippen LogP contribution in [-0.4, -0.2) is 55.9 Å². The fourth-order valence-corrected chi connectivity index (χ4v) is 4.30. The Kier molecular flexibility index (Phi) is 8.07. The number of methoxy groups -OCH3 is 2. The third-order valence-electron chi connectivity index (χ3n) is 6.33. The van der Waals surface area contributed by atoms with Crippen LogP contribution in [0.15, 0.2) is 42.7 Å². The Morgan fingerprint density at radius 3 is 2.43 bits per heavy atom. The number of urea groups is 1. The first kappa shape index (κ1) is 24.4. The SMILES string of the molecule is CCC(CNc1ncnc2cc(OC)c(OC)cc12)NC(=O)Nc1ccc(N2CCCCC2)cc1. The van der Waals surface area contributed by atoms with E-state index < -0.39 is 0 Å². The molecule has 9 nitrogen and oxygen atoms in total. The summed E-state index contributed by atoms with van der Waals surface area (Å²) >= 11 is 0. The summed E-state index contributed by atoms with van der Waals surface area (Å²) < 4.78 is 10.8. The van der Waals surface area contributed by atoms with Crippen LogP contribution in [-0.2, 0) is 0 Å². The minimum atomic E-state index is -0.233. The van der Waals surface area contributed by atoms with E-state index in [0.29, 0.717) is 23.9 Å². The van der Waals surface area contributed by atoms with Crippen LogP contribution in [0.3, 0.4) is 0 Å². The molecule has 0 bridgehead atoms. The van der Waals surface area contributed by atoms with Gasteiger partial charge >= 0.3 is 6.03 Å². The second-order valence-corrected chi connectivity index (χ2v) is 8.63. The Hall–Kier alpha value is -3.75. The number of amides is 2. The van der Waals surface area contributed by atoms with E-state index >= 15 is 0 Å². The number of carbonyl (C=O) groups is 1. The van der Waals surface area contributed by atoms with Crippen molar-refractivity contribution in [2.75, 3.05) is 49.4 Å². The smallest absolute Gasteiger partial charge is 0.319 e. The largest absolute Gasteiger partial charge is 0.493 e. The lowest BCUT2D eigenvalue weighted by Crippen LogP contribution is -2.41. The highest BCUT2D eigenvalue weighted by atomic mass is 16.5. The monoisotopic (exact) mass is 478 g/mol. The average Bonchev–Trinajstić information content (AvgIpc) is 2.91. The third-order valence-corrected chi connectivity index (χ3v) is 6.33. The lowest BCUT2D eigenvalue weighted by atomic mass is 10.1. The Balaban J connectivity index is 1.35. The van der Waals surface area contributed by atoms with Crippen molar-refractivity contribution in [2.45, 2.75) is 38.6 Å². The molecule has 186 valence electrons. The molecule has 2 amide bonds. The predicted molar refractivity (Wildman–Crippen MR) is 140 cm³/mol. The van der Waals surface area contributed by atoms with Crippen LogP contribution >= 0.6 is 0 Å². The molecule has 4 rings (SSSR count). The molecule has 0 spiro atoms. The number of benzene rings is 2. The molecule has 9 heteroatoms. The van der Waals surface area contributed by atoms with Crippen LogP contribution in [0.2, 0.25) is 0 Å². The van der Waals surface area contributed by atoms with Gasteiger partial charge < -0.3 is 30.3 Å². The second-order valence-electron chi connectivity index (χ2n) is 8.63. The maximum atomic E-state index is 12.6. The summed E-state index contributed by atoms with van der Waals surface area (Å²) in [5.74, 6) is 1.89. The maximum absolute atomic E-state index is 12.6. The highest BCUT2D eigenvalue weighted by Gasteiger charge is 2.15. The molecule has 1 saturated heterocycles. The number of anilines is 3. The molecule has 1 aliphatic rings. The molecule has 1 fully saturated rings. The van der Waals surface area contributed by atoms with Crippen molar-refractivity contribution in [3.63, 3.8) is 0 Å². The summed E-state index contributed by atoms with van der Waals surface area (Å²) in [5.41, 5.74) is 2.72. The molecule has 1 atom stereocenters. The maximum Gasteiger partial charge on any atom is 0.319 e. The molecule has 3 N–H and O–H groups in total. The zero-order valence-corrected chi connectivity index (χ0v) is 20.6. The predicted octanol–water partition coefficient (Wildman–Crippen LogP) is 4.65. The van der Waals surface area contributed by atoms with Gasteiger partial charge in [-0.3, -0.25) is 0 Å². The molecule has 0 saturated carbocycles. The van der Waals surface area contributed by atoms with Gasteiger partial charge in [-0.1, -0.05) is 6.92 Å². The Morgan fingerprint density at radius 1 is 1.03 bits per heavy atom. The molecule has 1 unspecified atom stereocenters. The van der Waals surface area contributed by atoms with Crippen molar-refractivity contribution in [3.8, 4) is 11.5 Å². The first-order chi connectivity index (χ1) is 17.1. The molecule has 0 aliphatic carbocycles. The third kappa shape index (κ3) is 6.03. The molecule has 1 aliphatic heterocycles. The molecule has 2 aromatic carbocycles. The fourth-order valence-electron chi connectivity index (χ4n) is 4.30. The average molecular weight is 479 g/mol. The van der Waals surface area contributed by atoms with Gasteiger partial charge in [0.25, 0.3) is 0 Å². The molecule has 3 aromatic rings. The van der Waals surface area contributed by atoms with E-state index in [1.807, 2.05) is 31.2 Å². The van der Waals surface area contributed by atoms with Gasteiger partial charge in [-0.2, -0.15) is 0 Å². The van der Waals surface area contributed by atoms with Gasteiger partial charge in [-0.15, -0.1) is 0 Å². The molecule has 35 heavy (non-hydrogen) atoms. The van der Waals surface area contributed by atoms with E-state index in [1.165, 1.54) is 31.3 Å². The number of ether oxygens (including phenoxy) is 2. The summed E-state index contributed by atoms with van der Waals surface area (Å²) in [6.07, 6.45) is 6.04. The van der Waals surface area contributed by atoms with Crippen molar-refractivity contribution in [1.82, 2.24) is 15.3 Å². The molecule has 0 radical (unpaired) electrons. The highest BCUT2D eigenvalue weighted by molar-refractivity contribution is 5.92. The number of rotatable bonds is 9. The van der Waals surface area contributed by atoms with Crippen molar-refractivity contribution < 1.29 is 14.3 Å². The Labute approximate surface area is 206 Å². The summed E-state index contributed by atoms with van der Waals surface area (Å²) in [4.78, 5) is 23.7. The van der Waals surface area contributed by atoms with Crippen LogP contribution < -0.4 is 30.3 Å². The van der Waals surface area contributed by atoms with Crippen molar-refractivity contribution in [1.29, 1.82) is 0 Å². The molecular weight excluding hydrogens is 444 g/mol. The van der Waals surface area contributed by atoms with Crippen molar-refractivity contribution in [3.05, 3.63) is 42.7 Å². The number of carbonyl (C=O) groups excluding carboxylic acids is 1. The van der Waals surface area contributed by atoms with E-state index in [0.717, 1.165) is 36.1 Å². The zero-order valence-electron chi connectivity index (χ0n) is 20.6. The second kappa shape index (κ2) is 11.6. The van der Waals surface area contributed by atoms with E-state index in [2.05, 4.69) is 43.0 Å². The Bertz CT molecular complexity index is 1130. The van der Waals surface area contributed by atoms with Crippen LogP contribution in [0, 0.1) is 0 Å². The lowest BCUT2D eigenvalue weighted by Gasteiger charge is -2.28. The van der Waals surface area contributed by atoms with Crippen molar-refractivity contribution in [2.24, 2.45) is 0 Å². The first-order valence-electron chi connectivity index (χ1n) is 12.1. The lowest BCUT2D eigenvalue weighted by molar-refractivity contribution is 0.248. The summed E-state index contributed by atoms with van der Waals surface area (Å²) in [5, 5.41) is 10.1. The summed E-state index contributed by atoms with van der Waals surface area (Å²) in [7, 11) is 3.19. The number of hydrogen-bond donors (Lipinski definition) is 3. The first-order valence-corrected chi connectivity index (χ1v) is 12.1. The minimum Gasteiger partial charge on any atom is -0.493 e. The number of aromatic nitrogens is 2. The highest BCUT2D eigenvalue weighted by Crippen LogP contribution is 2.33. The standard InChI is InChI=1S/C26H34N6O3/c1-4-18(16-27-25-21-14-23(34-2)24(35-3)15-22(21)28-17-29-25)30-26(33)31-19-8-10-20(11-9-19)32-12-6-5-7-13-32/h8-11,14-15,17-18H,4-7,12-13,16H2,1-3H3,(H,27,28,29)(H2,30,31,33). The van der Waals surface area contributed by atoms with E-state index in [9.17, 15) is 4.79 Å². The van der Waals surface area contributed by atoms with Gasteiger partial charge in [0.05, 0.1) is 19.7 Å². The van der Waals surface area contributed by atoms with E-state index in [1.54, 1.807) is 14.2 Å². The van der Waals surface area contributed by atoms with E-state index in [4.69, 9.17) is 9.47 Å². The van der Waals surface area contributed by atoms with Gasteiger partial charge in [0.2, 0.25) is 0 Å². The number of nitrogens with one attached hydrogen (secondary N) is 3. The molecule has 1 aromatic heterocycles. The van der Waals surface area contributed by atoms with Gasteiger partial charge in [0, 0.05) is 48.5 Å². The van der Waals surface area contributed by atoms with Gasteiger partial charge in [0.1, 0.15) is 12.1 Å². The fraction of sp³-hybridized carbons (Fsp3) is 0.423. The molecule has 2 heterocycles. The minimum absolute atomic E-state index is 0.0900. The van der Waals surface area contributed by atoms with Gasteiger partial charge in [0.15, 0.2) is 11.5 Å². The van der Waals surface area contributed by atoms with Crippen LogP contribution in [0.1, 0.15) is 32.6 Å². The summed E-state index contributed by atoms with van der Waals surface area (Å²) in [6, 6.07) is 11.4. The number of nitrogens with zero attached hydrogens (tertiary/aromatic N) is 3. The topological polar surface area (TPSA) is 101 Å². The number of hydrogen-bond acceptors (Lipinski definition) is 7. The summed E-state index contributed by atoms with van der Waals surface area (Å²) in [6.45, 7) is 4.74. The zero-order chi connectivity index (χ0) is 24.6. The van der Waals surface area contributed by atoms with Crippen molar-refractivity contribution >= 4 is 34.1 Å². The van der Waals surface area contributed by atoms with Gasteiger partial charge in [-0.25, -0.2) is 14.8 Å². The number of fused-ring (bicyclic) bond motifs is 1. The normalized spacial score (nSPS) is 14.3. The number of piperidine rings is 1. The van der Waals surface area contributed by atoms with Crippen LogP contribution in [0.5, 0.6) is 11.5 Å². The molecular formula is C26H34N6O3. The van der Waals surface area contributed by atoms with Crippen LogP contribution in [0.4, 0.5) is 22.0 Å². The Morgan fingerprint density at radius 2 is 1.74 bits per heavy atom. The van der Waals surface area contributed by atoms with E-state index in [-0.39, 0.29) is 12.1 Å². The quantitative estimate of drug-likeness (QED) is 0.412. The van der Waals surface area contributed by atoms with Crippen LogP contribution in [0.25, 0.3) is 10.9 Å².